The Morgan fingerprint density at radius 1 is 0.971 bits per heavy atom. The second-order valence-corrected chi connectivity index (χ2v) is 9.28. The van der Waals surface area contributed by atoms with Crippen LogP contribution in [0.1, 0.15) is 24.0 Å². The molecule has 34 heavy (non-hydrogen) atoms. The number of para-hydroxylation sites is 1. The average Bonchev–Trinajstić information content (AvgIpc) is 3.02. The van der Waals surface area contributed by atoms with Crippen LogP contribution >= 0.6 is 0 Å². The standard InChI is InChI=1S/C27H32N4O3/c32-26-19-30(16-23-7-4-8-25-27(23)29-12-11-28-25)17-24(34-20-22-5-2-1-3-6-22)18-31(26)15-21-9-13-33-14-10-21/h1-8,11-12,21,24H,9-10,13-20H2. The molecule has 1 aromatic heterocycles. The van der Waals surface area contributed by atoms with Gasteiger partial charge in [-0.3, -0.25) is 19.7 Å². The Hall–Kier alpha value is -2.87. The van der Waals surface area contributed by atoms with Crippen molar-refractivity contribution in [3.05, 3.63) is 72.1 Å². The Bertz CT molecular complexity index is 1080. The Morgan fingerprint density at radius 3 is 2.65 bits per heavy atom. The lowest BCUT2D eigenvalue weighted by atomic mass is 9.99. The first-order valence-electron chi connectivity index (χ1n) is 12.2. The van der Waals surface area contributed by atoms with E-state index in [1.54, 1.807) is 12.4 Å². The Balaban J connectivity index is 1.33. The van der Waals surface area contributed by atoms with E-state index in [0.717, 1.165) is 54.8 Å². The summed E-state index contributed by atoms with van der Waals surface area (Å²) in [5, 5.41) is 0. The van der Waals surface area contributed by atoms with Crippen LogP contribution in [0, 0.1) is 5.92 Å². The maximum absolute atomic E-state index is 13.3. The molecule has 0 aliphatic carbocycles. The first kappa shape index (κ1) is 22.9. The quantitative estimate of drug-likeness (QED) is 0.539. The molecule has 7 heteroatoms. The van der Waals surface area contributed by atoms with Gasteiger partial charge in [-0.1, -0.05) is 42.5 Å². The lowest BCUT2D eigenvalue weighted by Gasteiger charge is -2.30. The summed E-state index contributed by atoms with van der Waals surface area (Å²) in [7, 11) is 0. The van der Waals surface area contributed by atoms with Crippen molar-refractivity contribution in [2.75, 3.05) is 39.4 Å². The Morgan fingerprint density at radius 2 is 1.79 bits per heavy atom. The molecule has 0 bridgehead atoms. The molecule has 1 unspecified atom stereocenters. The molecule has 7 nitrogen and oxygen atoms in total. The summed E-state index contributed by atoms with van der Waals surface area (Å²) >= 11 is 0. The van der Waals surface area contributed by atoms with Gasteiger partial charge in [0, 0.05) is 51.8 Å². The van der Waals surface area contributed by atoms with Gasteiger partial charge in [-0.2, -0.15) is 0 Å². The van der Waals surface area contributed by atoms with Crippen molar-refractivity contribution in [1.29, 1.82) is 0 Å². The summed E-state index contributed by atoms with van der Waals surface area (Å²) < 4.78 is 11.9. The van der Waals surface area contributed by atoms with Crippen LogP contribution in [0.3, 0.4) is 0 Å². The van der Waals surface area contributed by atoms with Gasteiger partial charge >= 0.3 is 0 Å². The lowest BCUT2D eigenvalue weighted by molar-refractivity contribution is -0.133. The number of hydrogen-bond donors (Lipinski definition) is 0. The normalized spacial score (nSPS) is 20.5. The van der Waals surface area contributed by atoms with Gasteiger partial charge in [0.1, 0.15) is 0 Å². The molecule has 2 aliphatic heterocycles. The molecule has 3 aromatic rings. The van der Waals surface area contributed by atoms with Crippen LogP contribution in [0.4, 0.5) is 0 Å². The highest BCUT2D eigenvalue weighted by Gasteiger charge is 2.30. The van der Waals surface area contributed by atoms with Crippen molar-refractivity contribution < 1.29 is 14.3 Å². The van der Waals surface area contributed by atoms with Gasteiger partial charge in [-0.05, 0) is 36.0 Å². The zero-order chi connectivity index (χ0) is 23.2. The minimum Gasteiger partial charge on any atom is -0.381 e. The van der Waals surface area contributed by atoms with E-state index in [1.807, 2.05) is 35.2 Å². The Labute approximate surface area is 200 Å². The molecule has 2 fully saturated rings. The third-order valence-corrected chi connectivity index (χ3v) is 6.72. The van der Waals surface area contributed by atoms with E-state index in [0.29, 0.717) is 38.7 Å². The van der Waals surface area contributed by atoms with Gasteiger partial charge in [-0.25, -0.2) is 0 Å². The predicted octanol–water partition coefficient (Wildman–Crippen LogP) is 3.29. The fraction of sp³-hybridized carbons (Fsp3) is 0.444. The molecular weight excluding hydrogens is 428 g/mol. The minimum atomic E-state index is -0.0624. The van der Waals surface area contributed by atoms with Gasteiger partial charge in [0.25, 0.3) is 0 Å². The molecule has 3 heterocycles. The van der Waals surface area contributed by atoms with E-state index >= 15 is 0 Å². The number of hydrogen-bond acceptors (Lipinski definition) is 6. The zero-order valence-corrected chi connectivity index (χ0v) is 19.5. The predicted molar refractivity (Wildman–Crippen MR) is 130 cm³/mol. The number of ether oxygens (including phenoxy) is 2. The molecule has 2 aliphatic rings. The highest BCUT2D eigenvalue weighted by atomic mass is 16.5. The van der Waals surface area contributed by atoms with Crippen LogP contribution in [0.25, 0.3) is 11.0 Å². The van der Waals surface area contributed by atoms with Crippen LogP contribution < -0.4 is 0 Å². The second-order valence-electron chi connectivity index (χ2n) is 9.28. The summed E-state index contributed by atoms with van der Waals surface area (Å²) in [5.41, 5.74) is 3.99. The lowest BCUT2D eigenvalue weighted by Crippen LogP contribution is -2.42. The van der Waals surface area contributed by atoms with Gasteiger partial charge in [-0.15, -0.1) is 0 Å². The van der Waals surface area contributed by atoms with Crippen LogP contribution in [0.15, 0.2) is 60.9 Å². The number of rotatable bonds is 7. The smallest absolute Gasteiger partial charge is 0.236 e. The van der Waals surface area contributed by atoms with E-state index in [1.165, 1.54) is 0 Å². The molecule has 0 spiro atoms. The van der Waals surface area contributed by atoms with Crippen molar-refractivity contribution in [2.45, 2.75) is 32.1 Å². The van der Waals surface area contributed by atoms with E-state index in [-0.39, 0.29) is 12.0 Å². The minimum absolute atomic E-state index is 0.0624. The highest BCUT2D eigenvalue weighted by molar-refractivity contribution is 5.79. The van der Waals surface area contributed by atoms with E-state index in [4.69, 9.17) is 9.47 Å². The second kappa shape index (κ2) is 11.0. The first-order valence-corrected chi connectivity index (χ1v) is 12.2. The Kier molecular flexibility index (Phi) is 7.43. The maximum Gasteiger partial charge on any atom is 0.236 e. The maximum atomic E-state index is 13.3. The molecule has 5 rings (SSSR count). The number of carbonyl (C=O) groups is 1. The molecule has 1 amide bonds. The van der Waals surface area contributed by atoms with Crippen LogP contribution in [0.2, 0.25) is 0 Å². The van der Waals surface area contributed by atoms with Crippen molar-refractivity contribution in [3.63, 3.8) is 0 Å². The van der Waals surface area contributed by atoms with Crippen molar-refractivity contribution in [1.82, 2.24) is 19.8 Å². The topological polar surface area (TPSA) is 67.8 Å². The van der Waals surface area contributed by atoms with E-state index < -0.39 is 0 Å². The first-order chi connectivity index (χ1) is 16.7. The van der Waals surface area contributed by atoms with Gasteiger partial charge < -0.3 is 14.4 Å². The van der Waals surface area contributed by atoms with Gasteiger partial charge in [0.15, 0.2) is 0 Å². The van der Waals surface area contributed by atoms with Crippen molar-refractivity contribution in [3.8, 4) is 0 Å². The number of nitrogens with zero attached hydrogens (tertiary/aromatic N) is 4. The average molecular weight is 461 g/mol. The molecule has 0 saturated carbocycles. The van der Waals surface area contributed by atoms with Gasteiger partial charge in [0.2, 0.25) is 5.91 Å². The summed E-state index contributed by atoms with van der Waals surface area (Å²) in [6.45, 7) is 5.22. The molecule has 0 N–H and O–H groups in total. The fourth-order valence-electron chi connectivity index (χ4n) is 4.90. The van der Waals surface area contributed by atoms with Crippen molar-refractivity contribution >= 4 is 16.9 Å². The third-order valence-electron chi connectivity index (χ3n) is 6.72. The molecule has 2 saturated heterocycles. The monoisotopic (exact) mass is 460 g/mol. The molecule has 178 valence electrons. The third kappa shape index (κ3) is 5.78. The van der Waals surface area contributed by atoms with Crippen molar-refractivity contribution in [2.24, 2.45) is 5.92 Å². The van der Waals surface area contributed by atoms with Crippen LogP contribution in [-0.4, -0.2) is 71.2 Å². The van der Waals surface area contributed by atoms with E-state index in [2.05, 4.69) is 33.1 Å². The fourth-order valence-corrected chi connectivity index (χ4v) is 4.90. The van der Waals surface area contributed by atoms with Crippen LogP contribution in [-0.2, 0) is 27.4 Å². The summed E-state index contributed by atoms with van der Waals surface area (Å²) in [5.74, 6) is 0.663. The summed E-state index contributed by atoms with van der Waals surface area (Å²) in [6, 6.07) is 16.3. The summed E-state index contributed by atoms with van der Waals surface area (Å²) in [6.07, 6.45) is 5.40. The number of aromatic nitrogens is 2. The van der Waals surface area contributed by atoms with E-state index in [9.17, 15) is 4.79 Å². The SMILES string of the molecule is O=C1CN(Cc2cccc3nccnc23)CC(OCc2ccccc2)CN1CC1CCOCC1. The number of benzene rings is 2. The highest BCUT2D eigenvalue weighted by Crippen LogP contribution is 2.21. The molecule has 2 aromatic carbocycles. The number of amides is 1. The van der Waals surface area contributed by atoms with Gasteiger partial charge in [0.05, 0.1) is 30.3 Å². The molecule has 1 atom stereocenters. The summed E-state index contributed by atoms with van der Waals surface area (Å²) in [4.78, 5) is 26.5. The van der Waals surface area contributed by atoms with Crippen LogP contribution in [0.5, 0.6) is 0 Å². The molecular formula is C27H32N4O3. The number of carbonyl (C=O) groups excluding carboxylic acids is 1. The zero-order valence-electron chi connectivity index (χ0n) is 19.5. The largest absolute Gasteiger partial charge is 0.381 e. The number of fused-ring (bicyclic) bond motifs is 1. The molecule has 0 radical (unpaired) electrons.